The van der Waals surface area contributed by atoms with Gasteiger partial charge in [0, 0.05) is 24.5 Å². The molecule has 0 spiro atoms. The van der Waals surface area contributed by atoms with E-state index in [1.807, 2.05) is 6.20 Å². The van der Waals surface area contributed by atoms with Gasteiger partial charge >= 0.3 is 16.0 Å². The second kappa shape index (κ2) is 6.29. The van der Waals surface area contributed by atoms with Crippen molar-refractivity contribution < 1.29 is 0 Å². The predicted octanol–water partition coefficient (Wildman–Crippen LogP) is 2.50. The van der Waals surface area contributed by atoms with E-state index in [-0.39, 0.29) is 16.0 Å². The van der Waals surface area contributed by atoms with Crippen LogP contribution in [0.5, 0.6) is 0 Å². The Morgan fingerprint density at radius 3 is 2.33 bits per heavy atom. The van der Waals surface area contributed by atoms with E-state index in [0.717, 1.165) is 5.69 Å². The van der Waals surface area contributed by atoms with Crippen LogP contribution < -0.4 is 0 Å². The van der Waals surface area contributed by atoms with Gasteiger partial charge < -0.3 is 0 Å². The Hall–Kier alpha value is 0.806. The maximum atomic E-state index is 4.14. The lowest BCUT2D eigenvalue weighted by Crippen LogP contribution is -1.85. The van der Waals surface area contributed by atoms with Crippen molar-refractivity contribution in [3.8, 4) is 0 Å². The molecule has 0 saturated heterocycles. The molecule has 0 bridgehead atoms. The molecule has 0 aromatic carbocycles. The summed E-state index contributed by atoms with van der Waals surface area (Å²) < 4.78 is 0. The molecule has 0 N–H and O–H groups in total. The van der Waals surface area contributed by atoms with Crippen LogP contribution in [0.3, 0.4) is 0 Å². The molecule has 12 heavy (non-hydrogen) atoms. The monoisotopic (exact) mass is 301 g/mol. The molecule has 0 atom stereocenters. The fraction of sp³-hybridized carbons (Fsp3) is 0.286. The molecular weight excluding hydrogens is 296 g/mol. The van der Waals surface area contributed by atoms with E-state index in [4.69, 9.17) is 0 Å². The molecular formula is C7H7Br2MgN2. The van der Waals surface area contributed by atoms with Crippen molar-refractivity contribution in [3.63, 3.8) is 0 Å². The Morgan fingerprint density at radius 2 is 1.92 bits per heavy atom. The van der Waals surface area contributed by atoms with Crippen molar-refractivity contribution in [2.45, 2.75) is 12.8 Å². The standard InChI is InChI=1S/C7H7N2.2BrH.Mg/c1-2-6(1)7-5-8-3-4-9-7;;;/h3-5H,1-2H2;2*1H;/q;;;+2/p-2. The van der Waals surface area contributed by atoms with Crippen LogP contribution in [0.2, 0.25) is 0 Å². The Morgan fingerprint density at radius 1 is 1.25 bits per heavy atom. The smallest absolute Gasteiger partial charge is 0.280 e. The lowest BCUT2D eigenvalue weighted by molar-refractivity contribution is 1.11. The van der Waals surface area contributed by atoms with Crippen molar-refractivity contribution in [3.05, 3.63) is 30.2 Å². The SMILES string of the molecule is [Br][Mg][Br].c1cnc([C]2CC2)cn1. The average Bonchev–Trinajstić information content (AvgIpc) is 2.90. The fourth-order valence-corrected chi connectivity index (χ4v) is 0.800. The van der Waals surface area contributed by atoms with Crippen molar-refractivity contribution >= 4 is 41.8 Å². The average molecular weight is 303 g/mol. The van der Waals surface area contributed by atoms with Crippen molar-refractivity contribution in [1.29, 1.82) is 0 Å². The second-order valence-corrected chi connectivity index (χ2v) is 10.4. The first-order valence-electron chi connectivity index (χ1n) is 3.61. The molecule has 1 saturated carbocycles. The van der Waals surface area contributed by atoms with E-state index in [9.17, 15) is 0 Å². The topological polar surface area (TPSA) is 25.8 Å². The molecule has 1 aromatic heterocycles. The van der Waals surface area contributed by atoms with E-state index in [1.165, 1.54) is 18.8 Å². The van der Waals surface area contributed by atoms with Gasteiger partial charge in [-0.15, -0.1) is 0 Å². The van der Waals surface area contributed by atoms with Crippen molar-refractivity contribution in [2.75, 3.05) is 0 Å². The number of hydrogen-bond donors (Lipinski definition) is 0. The first kappa shape index (κ1) is 10.9. The van der Waals surface area contributed by atoms with Gasteiger partial charge in [-0.1, -0.05) is 0 Å². The molecule has 1 heterocycles. The molecule has 5 heteroatoms. The molecule has 1 radical (unpaired) electrons. The molecule has 1 fully saturated rings. The zero-order chi connectivity index (χ0) is 8.81. The van der Waals surface area contributed by atoms with E-state index < -0.39 is 0 Å². The summed E-state index contributed by atoms with van der Waals surface area (Å²) >= 11 is 6.44. The third-order valence-electron chi connectivity index (χ3n) is 1.43. The second-order valence-electron chi connectivity index (χ2n) is 2.30. The maximum absolute atomic E-state index is 4.14. The summed E-state index contributed by atoms with van der Waals surface area (Å²) in [4.78, 5) is 8.10. The van der Waals surface area contributed by atoms with Gasteiger partial charge in [0.25, 0.3) is 0 Å². The van der Waals surface area contributed by atoms with E-state index in [2.05, 4.69) is 35.7 Å². The first-order valence-corrected chi connectivity index (χ1v) is 11.4. The van der Waals surface area contributed by atoms with Gasteiger partial charge in [0.15, 0.2) is 0 Å². The van der Waals surface area contributed by atoms with Gasteiger partial charge in [-0.05, 0) is 12.8 Å². The molecule has 1 aliphatic carbocycles. The highest BCUT2D eigenvalue weighted by molar-refractivity contribution is 9.47. The summed E-state index contributed by atoms with van der Waals surface area (Å²) in [5, 5.41) is 0. The van der Waals surface area contributed by atoms with Gasteiger partial charge in [-0.25, -0.2) is 0 Å². The molecule has 0 amide bonds. The van der Waals surface area contributed by atoms with Crippen molar-refractivity contribution in [2.24, 2.45) is 0 Å². The number of hydrogen-bond acceptors (Lipinski definition) is 2. The summed E-state index contributed by atoms with van der Waals surface area (Å²) in [6, 6.07) is 0. The van der Waals surface area contributed by atoms with Crippen LogP contribution in [0.4, 0.5) is 0 Å². The summed E-state index contributed by atoms with van der Waals surface area (Å²) in [5.74, 6) is 1.45. The van der Waals surface area contributed by atoms with Crippen LogP contribution in [-0.2, 0) is 0 Å². The third kappa shape index (κ3) is 4.16. The molecule has 0 unspecified atom stereocenters. The van der Waals surface area contributed by atoms with Gasteiger partial charge in [0.05, 0.1) is 5.69 Å². The first-order chi connectivity index (χ1) is 5.88. The van der Waals surface area contributed by atoms with Gasteiger partial charge in [0.2, 0.25) is 0 Å². The van der Waals surface area contributed by atoms with Gasteiger partial charge in [0.1, 0.15) is 0 Å². The molecule has 2 rings (SSSR count). The molecule has 61 valence electrons. The maximum Gasteiger partial charge on any atom is 0.560 e. The fourth-order valence-electron chi connectivity index (χ4n) is 0.800. The predicted molar refractivity (Wildman–Crippen MR) is 57.2 cm³/mol. The minimum atomic E-state index is 0.0417. The lowest BCUT2D eigenvalue weighted by Gasteiger charge is -1.89. The lowest BCUT2D eigenvalue weighted by atomic mass is 10.3. The number of halogens is 2. The highest BCUT2D eigenvalue weighted by Crippen LogP contribution is 2.36. The normalized spacial score (nSPS) is 14.2. The quantitative estimate of drug-likeness (QED) is 0.745. The molecule has 2 nitrogen and oxygen atoms in total. The summed E-state index contributed by atoms with van der Waals surface area (Å²) in [6.07, 6.45) is 7.70. The number of nitrogens with zero attached hydrogens (tertiary/aromatic N) is 2. The number of rotatable bonds is 1. The minimum absolute atomic E-state index is 0.0417. The summed E-state index contributed by atoms with van der Waals surface area (Å²) in [5.41, 5.74) is 1.08. The van der Waals surface area contributed by atoms with E-state index >= 15 is 0 Å². The van der Waals surface area contributed by atoms with Crippen LogP contribution in [0.15, 0.2) is 18.6 Å². The summed E-state index contributed by atoms with van der Waals surface area (Å²) in [7, 11) is 0. The largest absolute Gasteiger partial charge is 0.560 e. The van der Waals surface area contributed by atoms with Crippen LogP contribution >= 0.6 is 25.8 Å². The Labute approximate surface area is 94.0 Å². The van der Waals surface area contributed by atoms with Gasteiger partial charge in [-0.3, -0.25) is 35.7 Å². The van der Waals surface area contributed by atoms with E-state index in [0.29, 0.717) is 0 Å². The minimum Gasteiger partial charge on any atom is -0.280 e. The Bertz CT molecular complexity index is 216. The summed E-state index contributed by atoms with van der Waals surface area (Å²) in [6.45, 7) is 0. The molecule has 1 aromatic rings. The Kier molecular flexibility index (Phi) is 5.70. The zero-order valence-corrected chi connectivity index (χ0v) is 11.1. The third-order valence-corrected chi connectivity index (χ3v) is 1.43. The molecule has 0 aliphatic heterocycles. The molecule has 1 aliphatic rings. The van der Waals surface area contributed by atoms with Crippen LogP contribution in [-0.4, -0.2) is 26.0 Å². The zero-order valence-electron chi connectivity index (χ0n) is 6.50. The van der Waals surface area contributed by atoms with Gasteiger partial charge in [-0.2, -0.15) is 0 Å². The number of aromatic nitrogens is 2. The van der Waals surface area contributed by atoms with E-state index in [1.54, 1.807) is 12.4 Å². The van der Waals surface area contributed by atoms with Crippen molar-refractivity contribution in [1.82, 2.24) is 9.97 Å². The van der Waals surface area contributed by atoms with Crippen LogP contribution in [0, 0.1) is 5.92 Å². The highest BCUT2D eigenvalue weighted by atomic mass is 79.9. The van der Waals surface area contributed by atoms with Crippen LogP contribution in [0.1, 0.15) is 18.5 Å². The van der Waals surface area contributed by atoms with Crippen LogP contribution in [0.25, 0.3) is 0 Å². The Balaban J connectivity index is 0.000000213. The highest BCUT2D eigenvalue weighted by Gasteiger charge is 2.25.